The third-order valence-corrected chi connectivity index (χ3v) is 3.67. The van der Waals surface area contributed by atoms with E-state index in [9.17, 15) is 0 Å². The molecule has 0 aromatic rings. The minimum atomic E-state index is 1.01. The zero-order chi connectivity index (χ0) is 10.2. The van der Waals surface area contributed by atoms with Gasteiger partial charge in [-0.2, -0.15) is 0 Å². The Morgan fingerprint density at radius 2 is 1.93 bits per heavy atom. The number of piperidine rings is 1. The summed E-state index contributed by atoms with van der Waals surface area (Å²) in [6.45, 7) is 7.18. The van der Waals surface area contributed by atoms with Gasteiger partial charge in [-0.15, -0.1) is 0 Å². The Bertz CT molecular complexity index is 127. The lowest BCUT2D eigenvalue weighted by Crippen LogP contribution is -2.28. The van der Waals surface area contributed by atoms with E-state index in [-0.39, 0.29) is 0 Å². The molecule has 0 aromatic heterocycles. The van der Waals surface area contributed by atoms with Crippen molar-refractivity contribution in [3.05, 3.63) is 0 Å². The Morgan fingerprint density at radius 3 is 2.50 bits per heavy atom. The lowest BCUT2D eigenvalue weighted by molar-refractivity contribution is 0.281. The van der Waals surface area contributed by atoms with Crippen LogP contribution in [0.25, 0.3) is 0 Å². The van der Waals surface area contributed by atoms with Gasteiger partial charge in [0, 0.05) is 0 Å². The van der Waals surface area contributed by atoms with E-state index in [1.807, 2.05) is 0 Å². The molecule has 1 N–H and O–H groups in total. The topological polar surface area (TPSA) is 12.0 Å². The summed E-state index contributed by atoms with van der Waals surface area (Å²) in [6.07, 6.45) is 10.00. The van der Waals surface area contributed by atoms with Gasteiger partial charge < -0.3 is 5.32 Å². The van der Waals surface area contributed by atoms with Crippen molar-refractivity contribution in [1.82, 2.24) is 5.32 Å². The minimum Gasteiger partial charge on any atom is -0.317 e. The van der Waals surface area contributed by atoms with E-state index in [0.29, 0.717) is 0 Å². The van der Waals surface area contributed by atoms with Crippen molar-refractivity contribution in [3.63, 3.8) is 0 Å². The summed E-state index contributed by atoms with van der Waals surface area (Å²) >= 11 is 0. The van der Waals surface area contributed by atoms with Crippen molar-refractivity contribution in [2.75, 3.05) is 13.1 Å². The van der Waals surface area contributed by atoms with E-state index in [1.165, 1.54) is 58.0 Å². The lowest BCUT2D eigenvalue weighted by Gasteiger charge is -2.26. The third-order valence-electron chi connectivity index (χ3n) is 3.67. The quantitative estimate of drug-likeness (QED) is 0.686. The first-order chi connectivity index (χ1) is 6.86. The standard InChI is InChI=1S/C13H27N/c1-3-5-6-12(4-2)11-13-7-9-14-10-8-13/h12-14H,3-11H2,1-2H3. The fourth-order valence-electron chi connectivity index (χ4n) is 2.57. The second-order valence-corrected chi connectivity index (χ2v) is 4.85. The maximum Gasteiger partial charge on any atom is -0.00463 e. The summed E-state index contributed by atoms with van der Waals surface area (Å²) in [5.74, 6) is 2.04. The summed E-state index contributed by atoms with van der Waals surface area (Å²) in [5, 5.41) is 3.45. The number of hydrogen-bond donors (Lipinski definition) is 1. The largest absolute Gasteiger partial charge is 0.317 e. The predicted molar refractivity (Wildman–Crippen MR) is 63.5 cm³/mol. The van der Waals surface area contributed by atoms with E-state index >= 15 is 0 Å². The normalized spacial score (nSPS) is 21.0. The van der Waals surface area contributed by atoms with E-state index in [2.05, 4.69) is 19.2 Å². The molecule has 0 amide bonds. The van der Waals surface area contributed by atoms with Crippen molar-refractivity contribution >= 4 is 0 Å². The highest BCUT2D eigenvalue weighted by atomic mass is 14.9. The van der Waals surface area contributed by atoms with Gasteiger partial charge in [-0.05, 0) is 44.2 Å². The number of hydrogen-bond acceptors (Lipinski definition) is 1. The van der Waals surface area contributed by atoms with E-state index in [1.54, 1.807) is 0 Å². The van der Waals surface area contributed by atoms with Gasteiger partial charge in [0.2, 0.25) is 0 Å². The Morgan fingerprint density at radius 1 is 1.21 bits per heavy atom. The molecule has 1 heteroatoms. The van der Waals surface area contributed by atoms with E-state index < -0.39 is 0 Å². The average Bonchev–Trinajstić information content (AvgIpc) is 2.25. The molecule has 14 heavy (non-hydrogen) atoms. The highest BCUT2D eigenvalue weighted by molar-refractivity contribution is 4.71. The van der Waals surface area contributed by atoms with Crippen LogP contribution in [0.1, 0.15) is 58.8 Å². The van der Waals surface area contributed by atoms with E-state index in [4.69, 9.17) is 0 Å². The molecule has 0 radical (unpaired) electrons. The molecule has 84 valence electrons. The molecule has 0 bridgehead atoms. The highest BCUT2D eigenvalue weighted by Crippen LogP contribution is 2.26. The molecule has 1 unspecified atom stereocenters. The first-order valence-corrected chi connectivity index (χ1v) is 6.57. The Balaban J connectivity index is 2.16. The Hall–Kier alpha value is -0.0400. The van der Waals surface area contributed by atoms with Crippen LogP contribution in [-0.4, -0.2) is 13.1 Å². The van der Waals surface area contributed by atoms with Crippen LogP contribution in [0.3, 0.4) is 0 Å². The first-order valence-electron chi connectivity index (χ1n) is 6.57. The Kier molecular flexibility index (Phi) is 6.25. The molecular weight excluding hydrogens is 170 g/mol. The second kappa shape index (κ2) is 7.28. The third kappa shape index (κ3) is 4.45. The molecule has 1 rings (SSSR count). The second-order valence-electron chi connectivity index (χ2n) is 4.85. The SMILES string of the molecule is CCCCC(CC)CC1CCNCC1. The number of nitrogens with one attached hydrogen (secondary N) is 1. The first kappa shape index (κ1) is 12.0. The van der Waals surface area contributed by atoms with Crippen LogP contribution < -0.4 is 5.32 Å². The van der Waals surface area contributed by atoms with Gasteiger partial charge in [0.15, 0.2) is 0 Å². The van der Waals surface area contributed by atoms with Gasteiger partial charge in [-0.25, -0.2) is 0 Å². The molecule has 1 heterocycles. The maximum absolute atomic E-state index is 3.45. The summed E-state index contributed by atoms with van der Waals surface area (Å²) in [6, 6.07) is 0. The van der Waals surface area contributed by atoms with Gasteiger partial charge in [-0.3, -0.25) is 0 Å². The van der Waals surface area contributed by atoms with Crippen LogP contribution in [0.15, 0.2) is 0 Å². The molecule has 1 aliphatic rings. The zero-order valence-corrected chi connectivity index (χ0v) is 10.0. The Labute approximate surface area is 89.7 Å². The summed E-state index contributed by atoms with van der Waals surface area (Å²) in [7, 11) is 0. The van der Waals surface area contributed by atoms with E-state index in [0.717, 1.165) is 11.8 Å². The molecule has 0 saturated carbocycles. The van der Waals surface area contributed by atoms with Crippen molar-refractivity contribution in [3.8, 4) is 0 Å². The smallest absolute Gasteiger partial charge is 0.00463 e. The summed E-state index contributed by atoms with van der Waals surface area (Å²) in [4.78, 5) is 0. The molecule has 0 spiro atoms. The fraction of sp³-hybridized carbons (Fsp3) is 1.00. The molecule has 1 fully saturated rings. The van der Waals surface area contributed by atoms with Crippen molar-refractivity contribution in [2.45, 2.75) is 58.8 Å². The van der Waals surface area contributed by atoms with Gasteiger partial charge in [-0.1, -0.05) is 39.5 Å². The molecule has 1 saturated heterocycles. The van der Waals surface area contributed by atoms with Gasteiger partial charge in [0.1, 0.15) is 0 Å². The van der Waals surface area contributed by atoms with Crippen LogP contribution in [-0.2, 0) is 0 Å². The highest BCUT2D eigenvalue weighted by Gasteiger charge is 2.17. The molecule has 1 nitrogen and oxygen atoms in total. The summed E-state index contributed by atoms with van der Waals surface area (Å²) in [5.41, 5.74) is 0. The lowest BCUT2D eigenvalue weighted by atomic mass is 9.84. The van der Waals surface area contributed by atoms with Crippen molar-refractivity contribution in [2.24, 2.45) is 11.8 Å². The molecule has 0 aliphatic carbocycles. The predicted octanol–water partition coefficient (Wildman–Crippen LogP) is 3.59. The van der Waals surface area contributed by atoms with Crippen LogP contribution in [0.4, 0.5) is 0 Å². The zero-order valence-electron chi connectivity index (χ0n) is 10.0. The molecule has 1 atom stereocenters. The minimum absolute atomic E-state index is 1.01. The van der Waals surface area contributed by atoms with Gasteiger partial charge >= 0.3 is 0 Å². The molecule has 0 aromatic carbocycles. The maximum atomic E-state index is 3.45. The molecule has 1 aliphatic heterocycles. The van der Waals surface area contributed by atoms with Gasteiger partial charge in [0.05, 0.1) is 0 Å². The fourth-order valence-corrected chi connectivity index (χ4v) is 2.57. The van der Waals surface area contributed by atoms with Crippen molar-refractivity contribution in [1.29, 1.82) is 0 Å². The molecular formula is C13H27N. The van der Waals surface area contributed by atoms with Crippen molar-refractivity contribution < 1.29 is 0 Å². The van der Waals surface area contributed by atoms with Crippen LogP contribution in [0.5, 0.6) is 0 Å². The summed E-state index contributed by atoms with van der Waals surface area (Å²) < 4.78 is 0. The van der Waals surface area contributed by atoms with Crippen LogP contribution in [0.2, 0.25) is 0 Å². The number of unbranched alkanes of at least 4 members (excludes halogenated alkanes) is 1. The van der Waals surface area contributed by atoms with Crippen LogP contribution in [0, 0.1) is 11.8 Å². The van der Waals surface area contributed by atoms with Crippen LogP contribution >= 0.6 is 0 Å². The number of rotatable bonds is 6. The van der Waals surface area contributed by atoms with Gasteiger partial charge in [0.25, 0.3) is 0 Å². The monoisotopic (exact) mass is 197 g/mol. The average molecular weight is 197 g/mol.